The van der Waals surface area contributed by atoms with Crippen molar-refractivity contribution in [3.8, 4) is 5.75 Å². The Labute approximate surface area is 109 Å². The van der Waals surface area contributed by atoms with Gasteiger partial charge in [0, 0.05) is 17.1 Å². The first-order valence-corrected chi connectivity index (χ1v) is 6.20. The van der Waals surface area contributed by atoms with E-state index in [1.165, 1.54) is 11.3 Å². The molecule has 2 N–H and O–H groups in total. The maximum atomic E-state index is 10.7. The molecule has 4 nitrogen and oxygen atoms in total. The standard InChI is InChI=1S/C13H13NO3S/c1-17-10-4-2-9(3-5-10)14-8-11-6-7-12(18-11)13(15)16/h2-7,14H,8H2,1H3,(H,15,16). The summed E-state index contributed by atoms with van der Waals surface area (Å²) in [6, 6.07) is 11.0. The molecular weight excluding hydrogens is 250 g/mol. The number of nitrogens with one attached hydrogen (secondary N) is 1. The Hall–Kier alpha value is -2.01. The van der Waals surface area contributed by atoms with Gasteiger partial charge >= 0.3 is 5.97 Å². The van der Waals surface area contributed by atoms with Gasteiger partial charge < -0.3 is 15.2 Å². The molecule has 0 radical (unpaired) electrons. The van der Waals surface area contributed by atoms with Crippen molar-refractivity contribution in [2.75, 3.05) is 12.4 Å². The fraction of sp³-hybridized carbons (Fsp3) is 0.154. The molecule has 0 aliphatic carbocycles. The minimum atomic E-state index is -0.879. The van der Waals surface area contributed by atoms with Crippen LogP contribution >= 0.6 is 11.3 Å². The summed E-state index contributed by atoms with van der Waals surface area (Å²) in [5.41, 5.74) is 0.973. The van der Waals surface area contributed by atoms with Crippen molar-refractivity contribution < 1.29 is 14.6 Å². The summed E-state index contributed by atoms with van der Waals surface area (Å²) in [6.45, 7) is 0.615. The maximum Gasteiger partial charge on any atom is 0.345 e. The van der Waals surface area contributed by atoms with Crippen molar-refractivity contribution in [1.82, 2.24) is 0 Å². The number of carboxylic acids is 1. The van der Waals surface area contributed by atoms with Gasteiger partial charge in [0.2, 0.25) is 0 Å². The van der Waals surface area contributed by atoms with E-state index in [1.807, 2.05) is 30.3 Å². The highest BCUT2D eigenvalue weighted by Gasteiger charge is 2.06. The third kappa shape index (κ3) is 3.01. The molecule has 0 saturated heterocycles. The van der Waals surface area contributed by atoms with Gasteiger partial charge in [-0.15, -0.1) is 11.3 Å². The first-order valence-electron chi connectivity index (χ1n) is 5.39. The third-order valence-electron chi connectivity index (χ3n) is 2.43. The zero-order valence-electron chi connectivity index (χ0n) is 9.84. The number of rotatable bonds is 5. The summed E-state index contributed by atoms with van der Waals surface area (Å²) in [6.07, 6.45) is 0. The smallest absolute Gasteiger partial charge is 0.345 e. The molecule has 0 bridgehead atoms. The second kappa shape index (κ2) is 5.55. The highest BCUT2D eigenvalue weighted by Crippen LogP contribution is 2.19. The lowest BCUT2D eigenvalue weighted by Crippen LogP contribution is -1.97. The molecule has 1 heterocycles. The zero-order chi connectivity index (χ0) is 13.0. The monoisotopic (exact) mass is 263 g/mol. The molecule has 5 heteroatoms. The van der Waals surface area contributed by atoms with Gasteiger partial charge in [-0.2, -0.15) is 0 Å². The van der Waals surface area contributed by atoms with Crippen LogP contribution in [0.15, 0.2) is 36.4 Å². The minimum absolute atomic E-state index is 0.363. The molecule has 0 saturated carbocycles. The van der Waals surface area contributed by atoms with Crippen molar-refractivity contribution in [3.05, 3.63) is 46.2 Å². The van der Waals surface area contributed by atoms with E-state index >= 15 is 0 Å². The van der Waals surface area contributed by atoms with E-state index in [0.29, 0.717) is 11.4 Å². The summed E-state index contributed by atoms with van der Waals surface area (Å²) in [5, 5.41) is 12.0. The SMILES string of the molecule is COc1ccc(NCc2ccc(C(=O)O)s2)cc1. The lowest BCUT2D eigenvalue weighted by atomic mass is 10.3. The summed E-state index contributed by atoms with van der Waals surface area (Å²) in [5.74, 6) is -0.0689. The van der Waals surface area contributed by atoms with Gasteiger partial charge in [0.05, 0.1) is 7.11 Å². The van der Waals surface area contributed by atoms with E-state index in [2.05, 4.69) is 5.32 Å². The molecule has 2 aromatic rings. The number of benzene rings is 1. The number of carboxylic acid groups (broad SMARTS) is 1. The Morgan fingerprint density at radius 2 is 2.00 bits per heavy atom. The van der Waals surface area contributed by atoms with E-state index in [-0.39, 0.29) is 0 Å². The van der Waals surface area contributed by atoms with E-state index in [9.17, 15) is 4.79 Å². The van der Waals surface area contributed by atoms with Crippen LogP contribution in [-0.4, -0.2) is 18.2 Å². The predicted octanol–water partition coefficient (Wildman–Crippen LogP) is 3.07. The van der Waals surface area contributed by atoms with Crippen LogP contribution in [0.25, 0.3) is 0 Å². The second-order valence-corrected chi connectivity index (χ2v) is 4.82. The molecule has 94 valence electrons. The average Bonchev–Trinajstić information content (AvgIpc) is 2.86. The molecule has 0 amide bonds. The van der Waals surface area contributed by atoms with Crippen LogP contribution in [0.3, 0.4) is 0 Å². The molecule has 0 aliphatic rings. The van der Waals surface area contributed by atoms with Crippen LogP contribution in [0.1, 0.15) is 14.5 Å². The van der Waals surface area contributed by atoms with Crippen molar-refractivity contribution in [3.63, 3.8) is 0 Å². The van der Waals surface area contributed by atoms with Gasteiger partial charge in [0.15, 0.2) is 0 Å². The number of carbonyl (C=O) groups is 1. The number of methoxy groups -OCH3 is 1. The molecule has 2 rings (SSSR count). The topological polar surface area (TPSA) is 58.6 Å². The molecule has 0 fully saturated rings. The highest BCUT2D eigenvalue weighted by atomic mass is 32.1. The number of thiophene rings is 1. The van der Waals surface area contributed by atoms with Gasteiger partial charge in [-0.1, -0.05) is 0 Å². The Balaban J connectivity index is 1.95. The molecule has 1 aromatic heterocycles. The lowest BCUT2D eigenvalue weighted by molar-refractivity contribution is 0.0702. The van der Waals surface area contributed by atoms with Crippen LogP contribution in [0, 0.1) is 0 Å². The molecule has 0 atom stereocenters. The Morgan fingerprint density at radius 3 is 2.56 bits per heavy atom. The van der Waals surface area contributed by atoms with Crippen molar-refractivity contribution in [2.24, 2.45) is 0 Å². The number of ether oxygens (including phenoxy) is 1. The summed E-state index contributed by atoms with van der Waals surface area (Å²) in [7, 11) is 1.63. The largest absolute Gasteiger partial charge is 0.497 e. The fourth-order valence-corrected chi connectivity index (χ4v) is 2.27. The maximum absolute atomic E-state index is 10.7. The zero-order valence-corrected chi connectivity index (χ0v) is 10.7. The van der Waals surface area contributed by atoms with Gasteiger partial charge in [0.1, 0.15) is 10.6 Å². The third-order valence-corrected chi connectivity index (χ3v) is 3.50. The van der Waals surface area contributed by atoms with Crippen molar-refractivity contribution in [2.45, 2.75) is 6.54 Å². The van der Waals surface area contributed by atoms with Crippen LogP contribution in [0.4, 0.5) is 5.69 Å². The van der Waals surface area contributed by atoms with Gasteiger partial charge in [-0.05, 0) is 36.4 Å². The molecule has 18 heavy (non-hydrogen) atoms. The summed E-state index contributed by atoms with van der Waals surface area (Å²) in [4.78, 5) is 12.1. The normalized spacial score (nSPS) is 10.1. The lowest BCUT2D eigenvalue weighted by Gasteiger charge is -2.05. The van der Waals surface area contributed by atoms with E-state index in [0.717, 1.165) is 16.3 Å². The van der Waals surface area contributed by atoms with E-state index in [1.54, 1.807) is 13.2 Å². The molecular formula is C13H13NO3S. The number of hydrogen-bond acceptors (Lipinski definition) is 4. The number of anilines is 1. The van der Waals surface area contributed by atoms with Crippen LogP contribution < -0.4 is 10.1 Å². The van der Waals surface area contributed by atoms with E-state index < -0.39 is 5.97 Å². The number of hydrogen-bond donors (Lipinski definition) is 2. The Bertz CT molecular complexity index is 533. The Kier molecular flexibility index (Phi) is 3.84. The summed E-state index contributed by atoms with van der Waals surface area (Å²) < 4.78 is 5.07. The van der Waals surface area contributed by atoms with Gasteiger partial charge in [-0.25, -0.2) is 4.79 Å². The molecule has 0 spiro atoms. The quantitative estimate of drug-likeness (QED) is 0.870. The van der Waals surface area contributed by atoms with E-state index in [4.69, 9.17) is 9.84 Å². The Morgan fingerprint density at radius 1 is 1.28 bits per heavy atom. The first kappa shape index (κ1) is 12.4. The second-order valence-electron chi connectivity index (χ2n) is 3.65. The first-order chi connectivity index (χ1) is 8.69. The van der Waals surface area contributed by atoms with Crippen LogP contribution in [0.5, 0.6) is 5.75 Å². The minimum Gasteiger partial charge on any atom is -0.497 e. The van der Waals surface area contributed by atoms with Crippen LogP contribution in [-0.2, 0) is 6.54 Å². The van der Waals surface area contributed by atoms with Gasteiger partial charge in [0.25, 0.3) is 0 Å². The van der Waals surface area contributed by atoms with Crippen molar-refractivity contribution in [1.29, 1.82) is 0 Å². The molecule has 0 unspecified atom stereocenters. The molecule has 1 aromatic carbocycles. The average molecular weight is 263 g/mol. The predicted molar refractivity (Wildman–Crippen MR) is 71.6 cm³/mol. The fourth-order valence-electron chi connectivity index (χ4n) is 1.49. The molecule has 0 aliphatic heterocycles. The number of aromatic carboxylic acids is 1. The highest BCUT2D eigenvalue weighted by molar-refractivity contribution is 7.13. The van der Waals surface area contributed by atoms with Crippen LogP contribution in [0.2, 0.25) is 0 Å². The summed E-state index contributed by atoms with van der Waals surface area (Å²) >= 11 is 1.28. The van der Waals surface area contributed by atoms with Gasteiger partial charge in [-0.3, -0.25) is 0 Å². The van der Waals surface area contributed by atoms with Crippen molar-refractivity contribution >= 4 is 23.0 Å².